The van der Waals surface area contributed by atoms with Crippen LogP contribution in [0.3, 0.4) is 0 Å². The van der Waals surface area contributed by atoms with Gasteiger partial charge < -0.3 is 0 Å². The molecule has 1 saturated carbocycles. The lowest BCUT2D eigenvalue weighted by Crippen LogP contribution is -2.39. The van der Waals surface area contributed by atoms with Crippen molar-refractivity contribution in [2.45, 2.75) is 49.8 Å². The Morgan fingerprint density at radius 1 is 1.29 bits per heavy atom. The zero-order valence-corrected chi connectivity index (χ0v) is 14.3. The summed E-state index contributed by atoms with van der Waals surface area (Å²) in [5.41, 5.74) is 2.79. The van der Waals surface area contributed by atoms with Gasteiger partial charge in [-0.3, -0.25) is 11.3 Å². The molecular weight excluding hydrogens is 358 g/mol. The molecule has 0 amide bonds. The van der Waals surface area contributed by atoms with Crippen molar-refractivity contribution in [3.63, 3.8) is 0 Å². The van der Waals surface area contributed by atoms with Gasteiger partial charge >= 0.3 is 0 Å². The Hall–Kier alpha value is -0.170. The Bertz CT molecular complexity index is 467. The maximum absolute atomic E-state index is 14.0. The van der Waals surface area contributed by atoms with Crippen LogP contribution in [0.15, 0.2) is 16.6 Å². The van der Waals surface area contributed by atoms with Gasteiger partial charge in [-0.1, -0.05) is 19.3 Å². The number of hydrogen-bond acceptors (Lipinski definition) is 3. The number of nitrogens with one attached hydrogen (secondary N) is 1. The van der Waals surface area contributed by atoms with Crippen LogP contribution in [0.4, 0.5) is 8.78 Å². The summed E-state index contributed by atoms with van der Waals surface area (Å²) >= 11 is 4.96. The van der Waals surface area contributed by atoms with E-state index in [-0.39, 0.29) is 22.5 Å². The summed E-state index contributed by atoms with van der Waals surface area (Å²) in [6, 6.07) is 2.54. The Kier molecular flexibility index (Phi) is 6.92. The number of nitrogens with two attached hydrogens (primary N) is 1. The normalized spacial score (nSPS) is 17.9. The second-order valence-electron chi connectivity index (χ2n) is 5.48. The topological polar surface area (TPSA) is 38.0 Å². The van der Waals surface area contributed by atoms with E-state index >= 15 is 0 Å². The van der Waals surface area contributed by atoms with Crippen LogP contribution in [0.1, 0.15) is 37.7 Å². The predicted octanol–water partition coefficient (Wildman–Crippen LogP) is 4.17. The molecule has 1 unspecified atom stereocenters. The van der Waals surface area contributed by atoms with Gasteiger partial charge in [-0.15, -0.1) is 0 Å². The largest absolute Gasteiger partial charge is 0.271 e. The fourth-order valence-corrected chi connectivity index (χ4v) is 4.41. The SMILES string of the molecule is NNC(CSC1CCCCC1)Cc1c(F)ccc(Br)c1F. The lowest BCUT2D eigenvalue weighted by atomic mass is 10.0. The van der Waals surface area contributed by atoms with Crippen LogP contribution in [0.2, 0.25) is 0 Å². The van der Waals surface area contributed by atoms with Gasteiger partial charge in [-0.25, -0.2) is 8.78 Å². The van der Waals surface area contributed by atoms with Gasteiger partial charge in [0.15, 0.2) is 0 Å². The zero-order chi connectivity index (χ0) is 15.2. The highest BCUT2D eigenvalue weighted by Gasteiger charge is 2.20. The van der Waals surface area contributed by atoms with Crippen molar-refractivity contribution < 1.29 is 8.78 Å². The first-order valence-electron chi connectivity index (χ1n) is 7.32. The van der Waals surface area contributed by atoms with Gasteiger partial charge in [0.05, 0.1) is 4.47 Å². The number of hydrogen-bond donors (Lipinski definition) is 2. The molecule has 0 bridgehead atoms. The van der Waals surface area contributed by atoms with E-state index in [1.165, 1.54) is 44.2 Å². The maximum Gasteiger partial charge on any atom is 0.143 e. The van der Waals surface area contributed by atoms with E-state index in [0.717, 1.165) is 5.75 Å². The van der Waals surface area contributed by atoms with Gasteiger partial charge in [-0.05, 0) is 47.3 Å². The van der Waals surface area contributed by atoms with E-state index in [1.54, 1.807) is 0 Å². The van der Waals surface area contributed by atoms with Crippen molar-refractivity contribution in [3.05, 3.63) is 33.8 Å². The van der Waals surface area contributed by atoms with Crippen LogP contribution >= 0.6 is 27.7 Å². The highest BCUT2D eigenvalue weighted by molar-refractivity contribution is 9.10. The molecule has 0 radical (unpaired) electrons. The third-order valence-electron chi connectivity index (χ3n) is 3.91. The predicted molar refractivity (Wildman–Crippen MR) is 88.2 cm³/mol. The van der Waals surface area contributed by atoms with Gasteiger partial charge in [-0.2, -0.15) is 11.8 Å². The standard InChI is InChI=1S/C15H21BrF2N2S/c16-13-6-7-14(17)12(15(13)18)8-10(20-19)9-21-11-4-2-1-3-5-11/h6-7,10-11,20H,1-5,8-9,19H2. The van der Waals surface area contributed by atoms with Crippen molar-refractivity contribution >= 4 is 27.7 Å². The lowest BCUT2D eigenvalue weighted by Gasteiger charge is -2.24. The molecule has 2 rings (SSSR count). The molecule has 1 aliphatic carbocycles. The van der Waals surface area contributed by atoms with E-state index in [0.29, 0.717) is 5.25 Å². The Balaban J connectivity index is 1.94. The Labute approximate surface area is 137 Å². The molecule has 0 saturated heterocycles. The summed E-state index contributed by atoms with van der Waals surface area (Å²) < 4.78 is 28.1. The Morgan fingerprint density at radius 2 is 2.00 bits per heavy atom. The molecule has 1 fully saturated rings. The summed E-state index contributed by atoms with van der Waals surface area (Å²) in [6.07, 6.45) is 6.63. The number of thioether (sulfide) groups is 1. The molecule has 1 aromatic carbocycles. The van der Waals surface area contributed by atoms with Gasteiger partial charge in [0, 0.05) is 22.6 Å². The first-order chi connectivity index (χ1) is 10.1. The van der Waals surface area contributed by atoms with Crippen molar-refractivity contribution in [3.8, 4) is 0 Å². The summed E-state index contributed by atoms with van der Waals surface area (Å²) in [5, 5.41) is 0.659. The number of halogens is 3. The highest BCUT2D eigenvalue weighted by atomic mass is 79.9. The van der Waals surface area contributed by atoms with Crippen LogP contribution in [-0.4, -0.2) is 17.0 Å². The fourth-order valence-electron chi connectivity index (χ4n) is 2.65. The average molecular weight is 379 g/mol. The van der Waals surface area contributed by atoms with E-state index in [2.05, 4.69) is 21.4 Å². The Morgan fingerprint density at radius 3 is 2.67 bits per heavy atom. The van der Waals surface area contributed by atoms with Gasteiger partial charge in [0.2, 0.25) is 0 Å². The van der Waals surface area contributed by atoms with E-state index < -0.39 is 11.6 Å². The number of benzene rings is 1. The van der Waals surface area contributed by atoms with Gasteiger partial charge in [0.1, 0.15) is 11.6 Å². The minimum atomic E-state index is -0.530. The molecule has 21 heavy (non-hydrogen) atoms. The molecule has 2 nitrogen and oxygen atoms in total. The van der Waals surface area contributed by atoms with Crippen molar-refractivity contribution in [1.29, 1.82) is 0 Å². The van der Waals surface area contributed by atoms with Crippen LogP contribution in [0.25, 0.3) is 0 Å². The van der Waals surface area contributed by atoms with Gasteiger partial charge in [0.25, 0.3) is 0 Å². The first-order valence-corrected chi connectivity index (χ1v) is 9.16. The molecular formula is C15H21BrF2N2S. The molecule has 0 heterocycles. The maximum atomic E-state index is 14.0. The second-order valence-corrected chi connectivity index (χ2v) is 7.67. The quantitative estimate of drug-likeness (QED) is 0.443. The summed E-state index contributed by atoms with van der Waals surface area (Å²) in [7, 11) is 0. The molecule has 6 heteroatoms. The fraction of sp³-hybridized carbons (Fsp3) is 0.600. The van der Waals surface area contributed by atoms with Crippen molar-refractivity contribution in [1.82, 2.24) is 5.43 Å². The molecule has 118 valence electrons. The van der Waals surface area contributed by atoms with Crippen LogP contribution in [0.5, 0.6) is 0 Å². The van der Waals surface area contributed by atoms with Crippen molar-refractivity contribution in [2.24, 2.45) is 5.84 Å². The molecule has 1 aliphatic rings. The molecule has 1 atom stereocenters. The van der Waals surface area contributed by atoms with E-state index in [1.807, 2.05) is 11.8 Å². The number of hydrazine groups is 1. The smallest absolute Gasteiger partial charge is 0.143 e. The molecule has 0 spiro atoms. The summed E-state index contributed by atoms with van der Waals surface area (Å²) in [5.74, 6) is 5.28. The molecule has 0 aromatic heterocycles. The van der Waals surface area contributed by atoms with E-state index in [4.69, 9.17) is 5.84 Å². The van der Waals surface area contributed by atoms with Crippen LogP contribution < -0.4 is 11.3 Å². The second kappa shape index (κ2) is 8.46. The third-order valence-corrected chi connectivity index (χ3v) is 6.06. The molecule has 1 aromatic rings. The molecule has 0 aliphatic heterocycles. The lowest BCUT2D eigenvalue weighted by molar-refractivity contribution is 0.502. The third kappa shape index (κ3) is 4.91. The number of rotatable bonds is 6. The first kappa shape index (κ1) is 17.2. The van der Waals surface area contributed by atoms with Crippen LogP contribution in [0, 0.1) is 11.6 Å². The minimum Gasteiger partial charge on any atom is -0.271 e. The minimum absolute atomic E-state index is 0.0940. The summed E-state index contributed by atoms with van der Waals surface area (Å²) in [4.78, 5) is 0. The van der Waals surface area contributed by atoms with E-state index in [9.17, 15) is 8.78 Å². The average Bonchev–Trinajstić information content (AvgIpc) is 2.51. The molecule has 3 N–H and O–H groups in total. The van der Waals surface area contributed by atoms with Crippen molar-refractivity contribution in [2.75, 3.05) is 5.75 Å². The zero-order valence-electron chi connectivity index (χ0n) is 11.9. The monoisotopic (exact) mass is 378 g/mol. The van der Waals surface area contributed by atoms with Crippen LogP contribution in [-0.2, 0) is 6.42 Å². The summed E-state index contributed by atoms with van der Waals surface area (Å²) in [6.45, 7) is 0. The highest BCUT2D eigenvalue weighted by Crippen LogP contribution is 2.29.